The molecule has 0 aliphatic carbocycles. The number of hydrazone groups is 1. The first kappa shape index (κ1) is 12.5. The van der Waals surface area contributed by atoms with Crippen molar-refractivity contribution in [3.8, 4) is 12.1 Å². The van der Waals surface area contributed by atoms with E-state index in [9.17, 15) is 4.79 Å². The number of benzene rings is 1. The van der Waals surface area contributed by atoms with Crippen LogP contribution in [0.25, 0.3) is 0 Å². The molecule has 84 valence electrons. The molecule has 0 atom stereocenters. The minimum atomic E-state index is -1.18. The highest BCUT2D eigenvalue weighted by atomic mass is 35.5. The summed E-state index contributed by atoms with van der Waals surface area (Å²) in [7, 11) is 0. The standard InChI is InChI=1S/C10H5ClN4O2/c11-9-2-1-6(3-8(9)10(16)17)14-15-7(4-12)5-13/h1-3,14H,(H,16,17). The number of nitriles is 2. The molecule has 2 N–H and O–H groups in total. The van der Waals surface area contributed by atoms with Gasteiger partial charge in [-0.25, -0.2) is 4.79 Å². The number of rotatable bonds is 3. The Bertz CT molecular complexity index is 553. The average molecular weight is 249 g/mol. The molecule has 0 unspecified atom stereocenters. The van der Waals surface area contributed by atoms with Gasteiger partial charge in [-0.2, -0.15) is 15.6 Å². The predicted molar refractivity (Wildman–Crippen MR) is 60.7 cm³/mol. The van der Waals surface area contributed by atoms with Crippen LogP contribution in [0.4, 0.5) is 5.69 Å². The summed E-state index contributed by atoms with van der Waals surface area (Å²) in [5.41, 5.74) is 2.25. The van der Waals surface area contributed by atoms with Crippen molar-refractivity contribution in [3.63, 3.8) is 0 Å². The van der Waals surface area contributed by atoms with E-state index >= 15 is 0 Å². The van der Waals surface area contributed by atoms with Gasteiger partial charge in [-0.05, 0) is 18.2 Å². The molecule has 1 rings (SSSR count). The van der Waals surface area contributed by atoms with Crippen LogP contribution in [0.5, 0.6) is 0 Å². The molecule has 6 nitrogen and oxygen atoms in total. The summed E-state index contributed by atoms with van der Waals surface area (Å²) in [5, 5.41) is 29.2. The number of aromatic carboxylic acids is 1. The van der Waals surface area contributed by atoms with Crippen molar-refractivity contribution in [1.29, 1.82) is 10.5 Å². The van der Waals surface area contributed by atoms with Gasteiger partial charge in [0.05, 0.1) is 16.3 Å². The van der Waals surface area contributed by atoms with E-state index in [1.165, 1.54) is 18.2 Å². The van der Waals surface area contributed by atoms with Crippen LogP contribution in [0.2, 0.25) is 5.02 Å². The number of nitrogens with one attached hydrogen (secondary N) is 1. The van der Waals surface area contributed by atoms with Crippen molar-refractivity contribution in [3.05, 3.63) is 28.8 Å². The van der Waals surface area contributed by atoms with Gasteiger partial charge in [-0.15, -0.1) is 0 Å². The minimum absolute atomic E-state index is 0.0906. The fraction of sp³-hybridized carbons (Fsp3) is 0. The highest BCUT2D eigenvalue weighted by molar-refractivity contribution is 6.33. The van der Waals surface area contributed by atoms with Gasteiger partial charge in [0, 0.05) is 0 Å². The molecule has 0 heterocycles. The highest BCUT2D eigenvalue weighted by Gasteiger charge is 2.09. The molecule has 7 heteroatoms. The number of nitrogens with zero attached hydrogens (tertiary/aromatic N) is 3. The van der Waals surface area contributed by atoms with Crippen LogP contribution in [0.1, 0.15) is 10.4 Å². The Morgan fingerprint density at radius 2 is 2.06 bits per heavy atom. The van der Waals surface area contributed by atoms with Crippen LogP contribution < -0.4 is 5.43 Å². The van der Waals surface area contributed by atoms with Crippen LogP contribution >= 0.6 is 11.6 Å². The fourth-order valence-corrected chi connectivity index (χ4v) is 1.15. The Hall–Kier alpha value is -2.57. The number of halogens is 1. The fourth-order valence-electron chi connectivity index (χ4n) is 0.954. The Labute approximate surface area is 101 Å². The van der Waals surface area contributed by atoms with Gasteiger partial charge in [-0.3, -0.25) is 5.43 Å². The van der Waals surface area contributed by atoms with E-state index in [1.54, 1.807) is 12.1 Å². The Kier molecular flexibility index (Phi) is 4.04. The first-order valence-electron chi connectivity index (χ1n) is 4.25. The maximum atomic E-state index is 10.8. The monoisotopic (exact) mass is 248 g/mol. The topological polar surface area (TPSA) is 109 Å². The molecule has 0 radical (unpaired) electrons. The third-order valence-electron chi connectivity index (χ3n) is 1.71. The van der Waals surface area contributed by atoms with Crippen LogP contribution in [0.15, 0.2) is 23.3 Å². The van der Waals surface area contributed by atoms with Crippen LogP contribution in [-0.2, 0) is 0 Å². The third kappa shape index (κ3) is 3.20. The lowest BCUT2D eigenvalue weighted by molar-refractivity contribution is 0.0697. The molecule has 1 aromatic rings. The molecule has 0 fully saturated rings. The maximum Gasteiger partial charge on any atom is 0.337 e. The second-order valence-electron chi connectivity index (χ2n) is 2.80. The first-order valence-corrected chi connectivity index (χ1v) is 4.63. The lowest BCUT2D eigenvalue weighted by atomic mass is 10.2. The molecular weight excluding hydrogens is 244 g/mol. The van der Waals surface area contributed by atoms with E-state index in [0.29, 0.717) is 5.69 Å². The van der Waals surface area contributed by atoms with Gasteiger partial charge < -0.3 is 5.11 Å². The first-order chi connectivity index (χ1) is 8.08. The van der Waals surface area contributed by atoms with Gasteiger partial charge in [0.25, 0.3) is 0 Å². The van der Waals surface area contributed by atoms with Crippen molar-refractivity contribution in [1.82, 2.24) is 0 Å². The quantitative estimate of drug-likeness (QED) is 0.627. The molecular formula is C10H5ClN4O2. The van der Waals surface area contributed by atoms with Gasteiger partial charge in [0.2, 0.25) is 5.71 Å². The summed E-state index contributed by atoms with van der Waals surface area (Å²) >= 11 is 5.66. The Morgan fingerprint density at radius 3 is 2.59 bits per heavy atom. The van der Waals surface area contributed by atoms with Gasteiger partial charge in [0.15, 0.2) is 0 Å². The zero-order valence-electron chi connectivity index (χ0n) is 8.31. The summed E-state index contributed by atoms with van der Waals surface area (Å²) in [4.78, 5) is 10.8. The molecule has 0 aliphatic rings. The van der Waals surface area contributed by atoms with E-state index in [-0.39, 0.29) is 16.3 Å². The lowest BCUT2D eigenvalue weighted by Crippen LogP contribution is -2.00. The average Bonchev–Trinajstić information content (AvgIpc) is 2.32. The van der Waals surface area contributed by atoms with Gasteiger partial charge in [-0.1, -0.05) is 11.6 Å². The molecule has 17 heavy (non-hydrogen) atoms. The van der Waals surface area contributed by atoms with Gasteiger partial charge in [0.1, 0.15) is 12.1 Å². The Balaban J connectivity index is 3.00. The molecule has 0 amide bonds. The van der Waals surface area contributed by atoms with E-state index in [4.69, 9.17) is 27.2 Å². The molecule has 1 aromatic carbocycles. The van der Waals surface area contributed by atoms with Crippen LogP contribution in [-0.4, -0.2) is 16.8 Å². The number of anilines is 1. The number of hydrogen-bond donors (Lipinski definition) is 2. The minimum Gasteiger partial charge on any atom is -0.478 e. The van der Waals surface area contributed by atoms with Crippen molar-refractivity contribution < 1.29 is 9.90 Å². The molecule has 0 saturated carbocycles. The largest absolute Gasteiger partial charge is 0.478 e. The van der Waals surface area contributed by atoms with Gasteiger partial charge >= 0.3 is 5.97 Å². The smallest absolute Gasteiger partial charge is 0.337 e. The molecule has 0 aromatic heterocycles. The third-order valence-corrected chi connectivity index (χ3v) is 2.03. The van der Waals surface area contributed by atoms with Crippen molar-refractivity contribution in [2.24, 2.45) is 5.10 Å². The predicted octanol–water partition coefficient (Wildman–Crippen LogP) is 1.85. The SMILES string of the molecule is N#CC(C#N)=NNc1ccc(Cl)c(C(=O)O)c1. The van der Waals surface area contributed by atoms with E-state index in [1.807, 2.05) is 0 Å². The van der Waals surface area contributed by atoms with Crippen molar-refractivity contribution >= 4 is 29.0 Å². The van der Waals surface area contributed by atoms with Crippen LogP contribution in [0.3, 0.4) is 0 Å². The number of carboxylic acid groups (broad SMARTS) is 1. The van der Waals surface area contributed by atoms with Crippen LogP contribution in [0, 0.1) is 22.7 Å². The number of carbonyl (C=O) groups is 1. The molecule has 0 bridgehead atoms. The molecule has 0 spiro atoms. The maximum absolute atomic E-state index is 10.8. The number of carboxylic acids is 1. The highest BCUT2D eigenvalue weighted by Crippen LogP contribution is 2.20. The Morgan fingerprint density at radius 1 is 1.41 bits per heavy atom. The lowest BCUT2D eigenvalue weighted by Gasteiger charge is -2.03. The normalized spacial score (nSPS) is 8.65. The zero-order valence-corrected chi connectivity index (χ0v) is 9.06. The van der Waals surface area contributed by atoms with Crippen molar-refractivity contribution in [2.45, 2.75) is 0 Å². The molecule has 0 aliphatic heterocycles. The molecule has 0 saturated heterocycles. The summed E-state index contributed by atoms with van der Waals surface area (Å²) < 4.78 is 0. The second kappa shape index (κ2) is 5.50. The summed E-state index contributed by atoms with van der Waals surface area (Å²) in [6, 6.07) is 7.21. The second-order valence-corrected chi connectivity index (χ2v) is 3.20. The summed E-state index contributed by atoms with van der Waals surface area (Å²) in [6.45, 7) is 0. The summed E-state index contributed by atoms with van der Waals surface area (Å²) in [6.07, 6.45) is 0. The number of hydrogen-bond acceptors (Lipinski definition) is 5. The summed E-state index contributed by atoms with van der Waals surface area (Å²) in [5.74, 6) is -1.18. The van der Waals surface area contributed by atoms with E-state index < -0.39 is 5.97 Å². The van der Waals surface area contributed by atoms with E-state index in [2.05, 4.69) is 10.5 Å². The zero-order chi connectivity index (χ0) is 12.8. The van der Waals surface area contributed by atoms with Crippen molar-refractivity contribution in [2.75, 3.05) is 5.43 Å². The van der Waals surface area contributed by atoms with E-state index in [0.717, 1.165) is 0 Å².